The Bertz CT molecular complexity index is 805. The summed E-state index contributed by atoms with van der Waals surface area (Å²) in [5.74, 6) is 1.75. The van der Waals surface area contributed by atoms with Gasteiger partial charge in [0.2, 0.25) is 0 Å². The smallest absolute Gasteiger partial charge is 0.161 e. The molecule has 0 amide bonds. The van der Waals surface area contributed by atoms with Crippen LogP contribution in [0.15, 0.2) is 36.4 Å². The number of aliphatic hydroxyl groups is 1. The van der Waals surface area contributed by atoms with Crippen LogP contribution in [0, 0.1) is 12.8 Å². The van der Waals surface area contributed by atoms with E-state index in [-0.39, 0.29) is 0 Å². The molecule has 4 heteroatoms. The van der Waals surface area contributed by atoms with E-state index in [0.717, 1.165) is 56.5 Å². The highest BCUT2D eigenvalue weighted by atomic mass is 16.5. The Labute approximate surface area is 175 Å². The molecule has 0 saturated carbocycles. The van der Waals surface area contributed by atoms with Gasteiger partial charge in [0.1, 0.15) is 0 Å². The molecule has 3 rings (SSSR count). The molecule has 1 aliphatic rings. The van der Waals surface area contributed by atoms with Crippen molar-refractivity contribution in [1.29, 1.82) is 0 Å². The van der Waals surface area contributed by atoms with Crippen LogP contribution in [-0.4, -0.2) is 44.4 Å². The van der Waals surface area contributed by atoms with E-state index in [0.29, 0.717) is 11.7 Å². The minimum Gasteiger partial charge on any atom is -0.493 e. The molecule has 0 fully saturated rings. The second-order valence-corrected chi connectivity index (χ2v) is 8.33. The summed E-state index contributed by atoms with van der Waals surface area (Å²) in [7, 11) is 5.49. The van der Waals surface area contributed by atoms with E-state index in [2.05, 4.69) is 43.1 Å². The molecule has 2 aromatic carbocycles. The number of ether oxygens (including phenoxy) is 2. The van der Waals surface area contributed by atoms with Gasteiger partial charge in [0.05, 0.1) is 20.3 Å². The zero-order chi connectivity index (χ0) is 20.8. The topological polar surface area (TPSA) is 41.9 Å². The number of hydrogen-bond donors (Lipinski definition) is 1. The maximum Gasteiger partial charge on any atom is 0.161 e. The Balaban J connectivity index is 1.49. The lowest BCUT2D eigenvalue weighted by atomic mass is 9.79. The SMILES string of the molecule is COc1cc2c(cc1OC)C(O)C(CCCN(C)CCc1cccc(C)c1)CC2. The highest BCUT2D eigenvalue weighted by Gasteiger charge is 2.29. The first-order valence-corrected chi connectivity index (χ1v) is 10.7. The Hall–Kier alpha value is -2.04. The minimum absolute atomic E-state index is 0.311. The van der Waals surface area contributed by atoms with Gasteiger partial charge in [-0.25, -0.2) is 0 Å². The molecule has 2 unspecified atom stereocenters. The molecule has 0 radical (unpaired) electrons. The van der Waals surface area contributed by atoms with Gasteiger partial charge in [-0.2, -0.15) is 0 Å². The van der Waals surface area contributed by atoms with Gasteiger partial charge in [-0.15, -0.1) is 0 Å². The quantitative estimate of drug-likeness (QED) is 0.673. The Morgan fingerprint density at radius 1 is 1.07 bits per heavy atom. The average molecular weight is 398 g/mol. The van der Waals surface area contributed by atoms with Gasteiger partial charge in [-0.05, 0) is 87.4 Å². The predicted octanol–water partition coefficient (Wildman–Crippen LogP) is 4.56. The van der Waals surface area contributed by atoms with E-state index in [1.165, 1.54) is 16.7 Å². The first-order chi connectivity index (χ1) is 14.0. The van der Waals surface area contributed by atoms with E-state index in [1.54, 1.807) is 14.2 Å². The summed E-state index contributed by atoms with van der Waals surface area (Å²) in [5, 5.41) is 10.9. The van der Waals surface area contributed by atoms with Crippen LogP contribution in [0.4, 0.5) is 0 Å². The van der Waals surface area contributed by atoms with E-state index >= 15 is 0 Å². The number of methoxy groups -OCH3 is 2. The van der Waals surface area contributed by atoms with Gasteiger partial charge in [-0.1, -0.05) is 29.8 Å². The third kappa shape index (κ3) is 5.52. The van der Waals surface area contributed by atoms with Gasteiger partial charge in [-0.3, -0.25) is 0 Å². The summed E-state index contributed by atoms with van der Waals surface area (Å²) in [6.07, 6.45) is 4.82. The molecule has 0 spiro atoms. The first-order valence-electron chi connectivity index (χ1n) is 10.7. The fourth-order valence-corrected chi connectivity index (χ4v) is 4.41. The van der Waals surface area contributed by atoms with E-state index < -0.39 is 6.10 Å². The number of likely N-dealkylation sites (N-methyl/N-ethyl adjacent to an activating group) is 1. The Kier molecular flexibility index (Phi) is 7.57. The van der Waals surface area contributed by atoms with Crippen molar-refractivity contribution in [1.82, 2.24) is 4.90 Å². The molecule has 1 aliphatic carbocycles. The fourth-order valence-electron chi connectivity index (χ4n) is 4.41. The van der Waals surface area contributed by atoms with Crippen molar-refractivity contribution in [3.8, 4) is 11.5 Å². The van der Waals surface area contributed by atoms with Crippen LogP contribution in [0.1, 0.15) is 47.6 Å². The third-order valence-corrected chi connectivity index (χ3v) is 6.17. The lowest BCUT2D eigenvalue weighted by Crippen LogP contribution is -2.25. The maximum atomic E-state index is 10.9. The molecule has 0 aromatic heterocycles. The van der Waals surface area contributed by atoms with Crippen LogP contribution >= 0.6 is 0 Å². The Morgan fingerprint density at radius 3 is 2.55 bits per heavy atom. The van der Waals surface area contributed by atoms with E-state index in [1.807, 2.05) is 12.1 Å². The zero-order valence-corrected chi connectivity index (χ0v) is 18.3. The molecule has 2 aromatic rings. The number of fused-ring (bicyclic) bond motifs is 1. The van der Waals surface area contributed by atoms with Crippen LogP contribution in [0.25, 0.3) is 0 Å². The number of aryl methyl sites for hydroxylation is 2. The lowest BCUT2D eigenvalue weighted by Gasteiger charge is -2.31. The van der Waals surface area contributed by atoms with Crippen molar-refractivity contribution in [2.75, 3.05) is 34.4 Å². The van der Waals surface area contributed by atoms with Gasteiger partial charge in [0.15, 0.2) is 11.5 Å². The molecule has 4 nitrogen and oxygen atoms in total. The summed E-state index contributed by atoms with van der Waals surface area (Å²) in [6, 6.07) is 12.7. The summed E-state index contributed by atoms with van der Waals surface area (Å²) < 4.78 is 10.8. The van der Waals surface area contributed by atoms with E-state index in [4.69, 9.17) is 9.47 Å². The third-order valence-electron chi connectivity index (χ3n) is 6.17. The van der Waals surface area contributed by atoms with Crippen molar-refractivity contribution in [2.24, 2.45) is 5.92 Å². The second kappa shape index (κ2) is 10.1. The molecular formula is C25H35NO3. The Morgan fingerprint density at radius 2 is 1.83 bits per heavy atom. The molecule has 0 saturated heterocycles. The molecule has 0 heterocycles. The van der Waals surface area contributed by atoms with Crippen LogP contribution in [0.2, 0.25) is 0 Å². The highest BCUT2D eigenvalue weighted by Crippen LogP contribution is 2.41. The summed E-state index contributed by atoms with van der Waals surface area (Å²) >= 11 is 0. The van der Waals surface area contributed by atoms with Crippen molar-refractivity contribution in [2.45, 2.75) is 45.1 Å². The monoisotopic (exact) mass is 397 g/mol. The predicted molar refractivity (Wildman–Crippen MR) is 118 cm³/mol. The summed E-state index contributed by atoms with van der Waals surface area (Å²) in [6.45, 7) is 4.27. The molecule has 0 bridgehead atoms. The van der Waals surface area contributed by atoms with Gasteiger partial charge in [0, 0.05) is 6.54 Å². The zero-order valence-electron chi connectivity index (χ0n) is 18.3. The first kappa shape index (κ1) is 21.7. The van der Waals surface area contributed by atoms with E-state index in [9.17, 15) is 5.11 Å². The number of hydrogen-bond acceptors (Lipinski definition) is 4. The second-order valence-electron chi connectivity index (χ2n) is 8.33. The van der Waals surface area contributed by atoms with Gasteiger partial charge >= 0.3 is 0 Å². The van der Waals surface area contributed by atoms with Crippen LogP contribution in [0.3, 0.4) is 0 Å². The molecular weight excluding hydrogens is 362 g/mol. The van der Waals surface area contributed by atoms with Crippen LogP contribution in [0.5, 0.6) is 11.5 Å². The fraction of sp³-hybridized carbons (Fsp3) is 0.520. The summed E-state index contributed by atoms with van der Waals surface area (Å²) in [5.41, 5.74) is 4.92. The normalized spacial score (nSPS) is 18.6. The van der Waals surface area contributed by atoms with Crippen LogP contribution in [-0.2, 0) is 12.8 Å². The maximum absolute atomic E-state index is 10.9. The van der Waals surface area contributed by atoms with Crippen LogP contribution < -0.4 is 9.47 Å². The average Bonchev–Trinajstić information content (AvgIpc) is 2.73. The number of rotatable bonds is 9. The molecule has 0 aliphatic heterocycles. The van der Waals surface area contributed by atoms with Gasteiger partial charge < -0.3 is 19.5 Å². The van der Waals surface area contributed by atoms with Crippen molar-refractivity contribution in [3.05, 3.63) is 58.7 Å². The number of nitrogens with zero attached hydrogens (tertiary/aromatic N) is 1. The minimum atomic E-state index is -0.420. The summed E-state index contributed by atoms with van der Waals surface area (Å²) in [4.78, 5) is 2.40. The van der Waals surface area contributed by atoms with Crippen molar-refractivity contribution < 1.29 is 14.6 Å². The highest BCUT2D eigenvalue weighted by molar-refractivity contribution is 5.49. The number of aliphatic hydroxyl groups excluding tert-OH is 1. The molecule has 158 valence electrons. The lowest BCUT2D eigenvalue weighted by molar-refractivity contribution is 0.0851. The number of benzene rings is 2. The molecule has 1 N–H and O–H groups in total. The molecule has 2 atom stereocenters. The largest absolute Gasteiger partial charge is 0.493 e. The van der Waals surface area contributed by atoms with Crippen molar-refractivity contribution >= 4 is 0 Å². The molecule has 29 heavy (non-hydrogen) atoms. The van der Waals surface area contributed by atoms with Crippen molar-refractivity contribution in [3.63, 3.8) is 0 Å². The standard InChI is InChI=1S/C25H35NO3/c1-18-7-5-8-19(15-18)12-14-26(2)13-6-9-20-10-11-21-16-23(28-3)24(29-4)17-22(21)25(20)27/h5,7-8,15-17,20,25,27H,6,9-14H2,1-4H3. The van der Waals surface area contributed by atoms with Gasteiger partial charge in [0.25, 0.3) is 0 Å².